The van der Waals surface area contributed by atoms with E-state index in [0.29, 0.717) is 16.9 Å². The first-order valence-electron chi connectivity index (χ1n) is 6.42. The molecule has 0 saturated carbocycles. The van der Waals surface area contributed by atoms with Crippen molar-refractivity contribution >= 4 is 23.0 Å². The second-order valence-corrected chi connectivity index (χ2v) is 4.99. The fourth-order valence-electron chi connectivity index (χ4n) is 2.03. The monoisotopic (exact) mass is 269 g/mol. The molecule has 104 valence electrons. The molecule has 20 heavy (non-hydrogen) atoms. The minimum absolute atomic E-state index is 0.134. The molecule has 0 atom stereocenters. The van der Waals surface area contributed by atoms with Gasteiger partial charge in [-0.1, -0.05) is 17.7 Å². The molecule has 0 unspecified atom stereocenters. The van der Waals surface area contributed by atoms with E-state index in [1.807, 2.05) is 56.3 Å². The van der Waals surface area contributed by atoms with Gasteiger partial charge in [-0.25, -0.2) is 0 Å². The number of carbonyl (C=O) groups is 1. The number of anilines is 3. The first kappa shape index (κ1) is 13.9. The Hall–Kier alpha value is -2.49. The van der Waals surface area contributed by atoms with Crippen LogP contribution < -0.4 is 16.0 Å². The number of nitrogens with two attached hydrogens (primary N) is 1. The van der Waals surface area contributed by atoms with E-state index in [-0.39, 0.29) is 5.91 Å². The van der Waals surface area contributed by atoms with Crippen LogP contribution in [0.3, 0.4) is 0 Å². The molecule has 0 fully saturated rings. The lowest BCUT2D eigenvalue weighted by Crippen LogP contribution is -2.14. The third-order valence-electron chi connectivity index (χ3n) is 3.05. The highest BCUT2D eigenvalue weighted by molar-refractivity contribution is 6.04. The van der Waals surface area contributed by atoms with Crippen molar-refractivity contribution in [2.75, 3.05) is 30.0 Å². The largest absolute Gasteiger partial charge is 0.397 e. The number of rotatable bonds is 3. The lowest BCUT2D eigenvalue weighted by Gasteiger charge is -2.16. The SMILES string of the molecule is Cc1cccc(C(=O)Nc2ccc(N(C)C)c(N)c2)c1. The topological polar surface area (TPSA) is 58.4 Å². The Morgan fingerprint density at radius 1 is 1.15 bits per heavy atom. The summed E-state index contributed by atoms with van der Waals surface area (Å²) >= 11 is 0. The third kappa shape index (κ3) is 3.09. The van der Waals surface area contributed by atoms with Crippen molar-refractivity contribution in [2.45, 2.75) is 6.92 Å². The number of hydrogen-bond donors (Lipinski definition) is 2. The first-order chi connectivity index (χ1) is 9.47. The van der Waals surface area contributed by atoms with Gasteiger partial charge in [-0.3, -0.25) is 4.79 Å². The van der Waals surface area contributed by atoms with E-state index in [1.165, 1.54) is 0 Å². The van der Waals surface area contributed by atoms with Crippen molar-refractivity contribution in [2.24, 2.45) is 0 Å². The van der Waals surface area contributed by atoms with Crippen LogP contribution in [0.4, 0.5) is 17.1 Å². The average Bonchev–Trinajstić information content (AvgIpc) is 2.38. The second-order valence-electron chi connectivity index (χ2n) is 4.99. The molecule has 0 bridgehead atoms. The summed E-state index contributed by atoms with van der Waals surface area (Å²) in [5, 5.41) is 2.85. The zero-order valence-corrected chi connectivity index (χ0v) is 12.0. The van der Waals surface area contributed by atoms with Gasteiger partial charge in [0.05, 0.1) is 11.4 Å². The van der Waals surface area contributed by atoms with Crippen LogP contribution >= 0.6 is 0 Å². The lowest BCUT2D eigenvalue weighted by molar-refractivity contribution is 0.102. The van der Waals surface area contributed by atoms with E-state index in [2.05, 4.69) is 5.32 Å². The van der Waals surface area contributed by atoms with Crippen LogP contribution in [0.2, 0.25) is 0 Å². The highest BCUT2D eigenvalue weighted by atomic mass is 16.1. The Labute approximate surface area is 119 Å². The number of nitrogens with one attached hydrogen (secondary N) is 1. The van der Waals surface area contributed by atoms with Gasteiger partial charge in [0.15, 0.2) is 0 Å². The minimum atomic E-state index is -0.134. The predicted octanol–water partition coefficient (Wildman–Crippen LogP) is 2.90. The van der Waals surface area contributed by atoms with Crippen molar-refractivity contribution in [3.63, 3.8) is 0 Å². The smallest absolute Gasteiger partial charge is 0.255 e. The van der Waals surface area contributed by atoms with Gasteiger partial charge in [0.25, 0.3) is 5.91 Å². The van der Waals surface area contributed by atoms with Crippen molar-refractivity contribution in [3.8, 4) is 0 Å². The number of benzene rings is 2. The molecule has 2 aromatic carbocycles. The van der Waals surface area contributed by atoms with Crippen molar-refractivity contribution in [1.29, 1.82) is 0 Å². The number of nitrogens with zero attached hydrogens (tertiary/aromatic N) is 1. The standard InChI is InChI=1S/C16H19N3O/c1-11-5-4-6-12(9-11)16(20)18-13-7-8-15(19(2)3)14(17)10-13/h4-10H,17H2,1-3H3,(H,18,20). The zero-order chi connectivity index (χ0) is 14.7. The first-order valence-corrected chi connectivity index (χ1v) is 6.42. The Balaban J connectivity index is 2.18. The van der Waals surface area contributed by atoms with E-state index in [4.69, 9.17) is 5.73 Å². The highest BCUT2D eigenvalue weighted by Crippen LogP contribution is 2.25. The van der Waals surface area contributed by atoms with E-state index in [1.54, 1.807) is 12.1 Å². The molecule has 0 aliphatic rings. The van der Waals surface area contributed by atoms with Crippen LogP contribution in [0, 0.1) is 6.92 Å². The van der Waals surface area contributed by atoms with Gasteiger partial charge in [-0.2, -0.15) is 0 Å². The molecular formula is C16H19N3O. The van der Waals surface area contributed by atoms with Gasteiger partial charge in [0, 0.05) is 25.3 Å². The highest BCUT2D eigenvalue weighted by Gasteiger charge is 2.08. The number of amides is 1. The van der Waals surface area contributed by atoms with E-state index in [0.717, 1.165) is 11.3 Å². The molecule has 0 radical (unpaired) electrons. The summed E-state index contributed by atoms with van der Waals surface area (Å²) in [6.45, 7) is 1.96. The fraction of sp³-hybridized carbons (Fsp3) is 0.188. The number of carbonyl (C=O) groups excluding carboxylic acids is 1. The third-order valence-corrected chi connectivity index (χ3v) is 3.05. The number of aryl methyl sites for hydroxylation is 1. The summed E-state index contributed by atoms with van der Waals surface area (Å²) in [6.07, 6.45) is 0. The molecule has 3 N–H and O–H groups in total. The summed E-state index contributed by atoms with van der Waals surface area (Å²) in [6, 6.07) is 13.0. The Morgan fingerprint density at radius 3 is 2.50 bits per heavy atom. The molecule has 1 amide bonds. The van der Waals surface area contributed by atoms with Crippen LogP contribution in [-0.2, 0) is 0 Å². The molecule has 0 aliphatic heterocycles. The summed E-state index contributed by atoms with van der Waals surface area (Å²) in [7, 11) is 3.85. The summed E-state index contributed by atoms with van der Waals surface area (Å²) in [5.74, 6) is -0.134. The number of nitrogen functional groups attached to an aromatic ring is 1. The minimum Gasteiger partial charge on any atom is -0.397 e. The van der Waals surface area contributed by atoms with Gasteiger partial charge in [-0.05, 0) is 37.3 Å². The van der Waals surface area contributed by atoms with Crippen molar-refractivity contribution < 1.29 is 4.79 Å². The van der Waals surface area contributed by atoms with Crippen LogP contribution in [0.25, 0.3) is 0 Å². The summed E-state index contributed by atoms with van der Waals surface area (Å²) in [5.41, 5.74) is 9.92. The Bertz CT molecular complexity index is 635. The van der Waals surface area contributed by atoms with Crippen molar-refractivity contribution in [3.05, 3.63) is 53.6 Å². The molecule has 4 nitrogen and oxygen atoms in total. The molecule has 4 heteroatoms. The maximum Gasteiger partial charge on any atom is 0.255 e. The Kier molecular flexibility index (Phi) is 3.94. The lowest BCUT2D eigenvalue weighted by atomic mass is 10.1. The normalized spacial score (nSPS) is 10.2. The maximum absolute atomic E-state index is 12.1. The molecule has 0 spiro atoms. The predicted molar refractivity (Wildman–Crippen MR) is 84.3 cm³/mol. The van der Waals surface area contributed by atoms with Gasteiger partial charge in [0.1, 0.15) is 0 Å². The van der Waals surface area contributed by atoms with Crippen LogP contribution in [0.15, 0.2) is 42.5 Å². The van der Waals surface area contributed by atoms with Gasteiger partial charge < -0.3 is 16.0 Å². The molecule has 0 heterocycles. The van der Waals surface area contributed by atoms with E-state index in [9.17, 15) is 4.79 Å². The number of hydrogen-bond acceptors (Lipinski definition) is 3. The fourth-order valence-corrected chi connectivity index (χ4v) is 2.03. The summed E-state index contributed by atoms with van der Waals surface area (Å²) in [4.78, 5) is 14.1. The van der Waals surface area contributed by atoms with Gasteiger partial charge in [0.2, 0.25) is 0 Å². The molecular weight excluding hydrogens is 250 g/mol. The molecule has 2 aromatic rings. The van der Waals surface area contributed by atoms with Crippen molar-refractivity contribution in [1.82, 2.24) is 0 Å². The maximum atomic E-state index is 12.1. The zero-order valence-electron chi connectivity index (χ0n) is 12.0. The van der Waals surface area contributed by atoms with Crippen LogP contribution in [-0.4, -0.2) is 20.0 Å². The van der Waals surface area contributed by atoms with E-state index >= 15 is 0 Å². The molecule has 2 rings (SSSR count). The quantitative estimate of drug-likeness (QED) is 0.842. The van der Waals surface area contributed by atoms with E-state index < -0.39 is 0 Å². The Morgan fingerprint density at radius 2 is 1.90 bits per heavy atom. The van der Waals surface area contributed by atoms with Crippen LogP contribution in [0.5, 0.6) is 0 Å². The molecule has 0 aliphatic carbocycles. The average molecular weight is 269 g/mol. The van der Waals surface area contributed by atoms with Gasteiger partial charge in [-0.15, -0.1) is 0 Å². The van der Waals surface area contributed by atoms with Crippen LogP contribution in [0.1, 0.15) is 15.9 Å². The molecule has 0 saturated heterocycles. The molecule has 0 aromatic heterocycles. The summed E-state index contributed by atoms with van der Waals surface area (Å²) < 4.78 is 0. The second kappa shape index (κ2) is 5.65. The van der Waals surface area contributed by atoms with Gasteiger partial charge >= 0.3 is 0 Å².